The first-order valence-electron chi connectivity index (χ1n) is 6.88. The lowest BCUT2D eigenvalue weighted by atomic mass is 9.85. The summed E-state index contributed by atoms with van der Waals surface area (Å²) in [6.07, 6.45) is -1.22. The fraction of sp³-hybridized carbons (Fsp3) is 0.923. The SMILES string of the molecule is CC(N)(C(=O)NC1CCC(C(F)(F)F)CC1)C1CC1. The minimum atomic E-state index is -4.11. The number of rotatable bonds is 3. The Hall–Kier alpha value is -0.780. The Bertz CT molecular complexity index is 342. The number of nitrogens with two attached hydrogens (primary N) is 1. The van der Waals surface area contributed by atoms with Gasteiger partial charge in [-0.05, 0) is 51.4 Å². The molecule has 2 fully saturated rings. The number of alkyl halides is 3. The van der Waals surface area contributed by atoms with Crippen molar-refractivity contribution in [1.29, 1.82) is 0 Å². The highest BCUT2D eigenvalue weighted by molar-refractivity contribution is 5.86. The summed E-state index contributed by atoms with van der Waals surface area (Å²) >= 11 is 0. The van der Waals surface area contributed by atoms with E-state index in [0.717, 1.165) is 12.8 Å². The van der Waals surface area contributed by atoms with E-state index in [9.17, 15) is 18.0 Å². The number of hydrogen-bond donors (Lipinski definition) is 2. The predicted molar refractivity (Wildman–Crippen MR) is 65.3 cm³/mol. The maximum absolute atomic E-state index is 12.5. The average molecular weight is 278 g/mol. The maximum atomic E-state index is 12.5. The molecule has 1 unspecified atom stereocenters. The van der Waals surface area contributed by atoms with Crippen LogP contribution in [0.5, 0.6) is 0 Å². The molecule has 0 aromatic carbocycles. The molecule has 3 nitrogen and oxygen atoms in total. The monoisotopic (exact) mass is 278 g/mol. The summed E-state index contributed by atoms with van der Waals surface area (Å²) in [4.78, 5) is 12.0. The van der Waals surface area contributed by atoms with Crippen LogP contribution in [0.1, 0.15) is 45.4 Å². The summed E-state index contributed by atoms with van der Waals surface area (Å²) in [5.41, 5.74) is 5.11. The highest BCUT2D eigenvalue weighted by Crippen LogP contribution is 2.39. The summed E-state index contributed by atoms with van der Waals surface area (Å²) < 4.78 is 37.6. The quantitative estimate of drug-likeness (QED) is 0.832. The van der Waals surface area contributed by atoms with Gasteiger partial charge in [0.05, 0.1) is 11.5 Å². The Morgan fingerprint density at radius 2 is 1.53 bits per heavy atom. The molecule has 110 valence electrons. The van der Waals surface area contributed by atoms with Crippen LogP contribution in [0.15, 0.2) is 0 Å². The van der Waals surface area contributed by atoms with Gasteiger partial charge in [-0.25, -0.2) is 0 Å². The molecule has 0 aromatic heterocycles. The van der Waals surface area contributed by atoms with E-state index in [2.05, 4.69) is 5.32 Å². The van der Waals surface area contributed by atoms with Gasteiger partial charge in [0, 0.05) is 6.04 Å². The lowest BCUT2D eigenvalue weighted by Gasteiger charge is -2.32. The predicted octanol–water partition coefficient (Wildman–Crippen LogP) is 2.35. The molecule has 0 spiro atoms. The lowest BCUT2D eigenvalue weighted by Crippen LogP contribution is -2.56. The van der Waals surface area contributed by atoms with Gasteiger partial charge in [0.1, 0.15) is 0 Å². The van der Waals surface area contributed by atoms with Crippen molar-refractivity contribution in [2.24, 2.45) is 17.6 Å². The number of amides is 1. The molecule has 0 aromatic rings. The van der Waals surface area contributed by atoms with Gasteiger partial charge in [0.2, 0.25) is 5.91 Å². The smallest absolute Gasteiger partial charge is 0.352 e. The number of hydrogen-bond acceptors (Lipinski definition) is 2. The highest BCUT2D eigenvalue weighted by atomic mass is 19.4. The molecule has 2 saturated carbocycles. The van der Waals surface area contributed by atoms with E-state index in [1.807, 2.05) is 0 Å². The number of carbonyl (C=O) groups is 1. The van der Waals surface area contributed by atoms with Crippen LogP contribution in [-0.2, 0) is 4.79 Å². The standard InChI is InChI=1S/C13H21F3N2O/c1-12(17,8-2-3-8)11(19)18-10-6-4-9(5-7-10)13(14,15)16/h8-10H,2-7,17H2,1H3,(H,18,19). The third kappa shape index (κ3) is 3.41. The van der Waals surface area contributed by atoms with Crippen molar-refractivity contribution in [1.82, 2.24) is 5.32 Å². The second-order valence-electron chi connectivity index (χ2n) is 6.12. The van der Waals surface area contributed by atoms with Crippen molar-refractivity contribution in [2.45, 2.75) is 63.2 Å². The number of halogens is 3. The van der Waals surface area contributed by atoms with E-state index in [4.69, 9.17) is 5.73 Å². The van der Waals surface area contributed by atoms with E-state index >= 15 is 0 Å². The zero-order valence-corrected chi connectivity index (χ0v) is 11.1. The van der Waals surface area contributed by atoms with Crippen molar-refractivity contribution in [3.8, 4) is 0 Å². The van der Waals surface area contributed by atoms with E-state index in [-0.39, 0.29) is 30.7 Å². The fourth-order valence-electron chi connectivity index (χ4n) is 2.77. The van der Waals surface area contributed by atoms with Crippen molar-refractivity contribution in [3.05, 3.63) is 0 Å². The van der Waals surface area contributed by atoms with Gasteiger partial charge in [-0.1, -0.05) is 0 Å². The number of carbonyl (C=O) groups excluding carboxylic acids is 1. The Morgan fingerprint density at radius 1 is 1.05 bits per heavy atom. The van der Waals surface area contributed by atoms with Crippen LogP contribution in [0.2, 0.25) is 0 Å². The maximum Gasteiger partial charge on any atom is 0.391 e. The van der Waals surface area contributed by atoms with E-state index in [1.54, 1.807) is 6.92 Å². The van der Waals surface area contributed by atoms with Gasteiger partial charge in [0.25, 0.3) is 0 Å². The molecule has 0 bridgehead atoms. The Kier molecular flexibility index (Phi) is 3.82. The lowest BCUT2D eigenvalue weighted by molar-refractivity contribution is -0.182. The minimum Gasteiger partial charge on any atom is -0.352 e. The Balaban J connectivity index is 1.81. The molecule has 0 aliphatic heterocycles. The van der Waals surface area contributed by atoms with E-state index < -0.39 is 17.6 Å². The third-order valence-corrected chi connectivity index (χ3v) is 4.44. The van der Waals surface area contributed by atoms with Crippen LogP contribution in [0.4, 0.5) is 13.2 Å². The van der Waals surface area contributed by atoms with Crippen molar-refractivity contribution in [3.63, 3.8) is 0 Å². The fourth-order valence-corrected chi connectivity index (χ4v) is 2.77. The average Bonchev–Trinajstić information content (AvgIpc) is 3.12. The molecule has 2 aliphatic rings. The molecule has 0 saturated heterocycles. The van der Waals surface area contributed by atoms with Crippen LogP contribution in [-0.4, -0.2) is 23.7 Å². The van der Waals surface area contributed by atoms with Gasteiger partial charge in [-0.2, -0.15) is 13.2 Å². The molecule has 3 N–H and O–H groups in total. The second kappa shape index (κ2) is 4.96. The molecule has 1 amide bonds. The van der Waals surface area contributed by atoms with Gasteiger partial charge in [-0.3, -0.25) is 4.79 Å². The highest BCUT2D eigenvalue weighted by Gasteiger charge is 2.46. The van der Waals surface area contributed by atoms with Crippen LogP contribution < -0.4 is 11.1 Å². The van der Waals surface area contributed by atoms with Gasteiger partial charge >= 0.3 is 6.18 Å². The summed E-state index contributed by atoms with van der Waals surface area (Å²) in [7, 11) is 0. The normalized spacial score (nSPS) is 31.6. The summed E-state index contributed by atoms with van der Waals surface area (Å²) in [5.74, 6) is -1.21. The van der Waals surface area contributed by atoms with Crippen LogP contribution in [0, 0.1) is 11.8 Å². The largest absolute Gasteiger partial charge is 0.391 e. The second-order valence-corrected chi connectivity index (χ2v) is 6.12. The molecule has 6 heteroatoms. The summed E-state index contributed by atoms with van der Waals surface area (Å²) in [5, 5.41) is 2.82. The third-order valence-electron chi connectivity index (χ3n) is 4.44. The first kappa shape index (κ1) is 14.6. The Morgan fingerprint density at radius 3 is 1.95 bits per heavy atom. The molecular formula is C13H21F3N2O. The molecule has 0 heterocycles. The van der Waals surface area contributed by atoms with Gasteiger partial charge in [-0.15, -0.1) is 0 Å². The van der Waals surface area contributed by atoms with E-state index in [0.29, 0.717) is 12.8 Å². The van der Waals surface area contributed by atoms with E-state index in [1.165, 1.54) is 0 Å². The van der Waals surface area contributed by atoms with Crippen molar-refractivity contribution < 1.29 is 18.0 Å². The number of nitrogens with one attached hydrogen (secondary N) is 1. The Labute approximate surface area is 111 Å². The van der Waals surface area contributed by atoms with Crippen molar-refractivity contribution in [2.75, 3.05) is 0 Å². The van der Waals surface area contributed by atoms with Crippen LogP contribution >= 0.6 is 0 Å². The first-order chi connectivity index (χ1) is 8.71. The van der Waals surface area contributed by atoms with Crippen molar-refractivity contribution >= 4 is 5.91 Å². The topological polar surface area (TPSA) is 55.1 Å². The molecule has 2 aliphatic carbocycles. The first-order valence-corrected chi connectivity index (χ1v) is 6.88. The van der Waals surface area contributed by atoms with Crippen LogP contribution in [0.25, 0.3) is 0 Å². The van der Waals surface area contributed by atoms with Crippen LogP contribution in [0.3, 0.4) is 0 Å². The minimum absolute atomic E-state index is 0.0964. The summed E-state index contributed by atoms with van der Waals surface area (Å²) in [6.45, 7) is 1.71. The molecule has 0 radical (unpaired) electrons. The van der Waals surface area contributed by atoms with Gasteiger partial charge < -0.3 is 11.1 Å². The molecule has 1 atom stereocenters. The molecule has 19 heavy (non-hydrogen) atoms. The zero-order valence-electron chi connectivity index (χ0n) is 11.1. The zero-order chi connectivity index (χ0) is 14.3. The van der Waals surface area contributed by atoms with Gasteiger partial charge in [0.15, 0.2) is 0 Å². The molecular weight excluding hydrogens is 257 g/mol. The summed E-state index contributed by atoms with van der Waals surface area (Å²) in [6, 6.07) is -0.160. The molecule has 2 rings (SSSR count).